The zero-order valence-corrected chi connectivity index (χ0v) is 10.9. The van der Waals surface area contributed by atoms with Gasteiger partial charge in [0.05, 0.1) is 0 Å². The number of hydrogen-bond acceptors (Lipinski definition) is 0. The molecule has 15 heavy (non-hydrogen) atoms. The van der Waals surface area contributed by atoms with Crippen LogP contribution in [-0.2, 0) is 0 Å². The summed E-state index contributed by atoms with van der Waals surface area (Å²) >= 11 is 0. The zero-order chi connectivity index (χ0) is 11.3. The molecule has 0 aliphatic heterocycles. The molecule has 0 aliphatic rings. The first kappa shape index (κ1) is 12.3. The van der Waals surface area contributed by atoms with Crippen LogP contribution < -0.4 is 0 Å². The molecule has 2 heteroatoms. The summed E-state index contributed by atoms with van der Waals surface area (Å²) in [7, 11) is 2.11. The van der Waals surface area contributed by atoms with Crippen LogP contribution in [0.15, 0.2) is 30.3 Å². The maximum atomic E-state index is 3.37. The second-order valence-electron chi connectivity index (χ2n) is 5.02. The van der Waals surface area contributed by atoms with Crippen LogP contribution in [-0.4, -0.2) is 13.7 Å². The van der Waals surface area contributed by atoms with Gasteiger partial charge in [0.2, 0.25) is 0 Å². The van der Waals surface area contributed by atoms with Gasteiger partial charge in [-0.3, -0.25) is 0 Å². The van der Waals surface area contributed by atoms with E-state index in [0.717, 1.165) is 5.56 Å². The molecule has 1 aromatic rings. The average molecular weight is 216 g/mol. The van der Waals surface area contributed by atoms with Gasteiger partial charge in [0.15, 0.2) is 0 Å². The lowest BCUT2D eigenvalue weighted by atomic mass is 10.0. The largest absolute Gasteiger partial charge is 0.150 e. The normalized spacial score (nSPS) is 12.7. The Hall–Kier alpha value is -0.725. The van der Waals surface area contributed by atoms with E-state index in [2.05, 4.69) is 52.1 Å². The summed E-state index contributed by atoms with van der Waals surface area (Å²) in [5.74, 6) is 3.25. The van der Waals surface area contributed by atoms with E-state index in [0.29, 0.717) is 5.41 Å². The molecule has 1 rings (SSSR count). The van der Waals surface area contributed by atoms with Gasteiger partial charge in [-0.1, -0.05) is 58.4 Å². The van der Waals surface area contributed by atoms with Crippen LogP contribution in [0.2, 0.25) is 0 Å². The Kier molecular flexibility index (Phi) is 4.43. The first-order valence-electron chi connectivity index (χ1n) is 5.25. The van der Waals surface area contributed by atoms with Crippen molar-refractivity contribution in [3.63, 3.8) is 0 Å². The molecule has 0 saturated carbocycles. The van der Waals surface area contributed by atoms with Crippen LogP contribution in [0.25, 0.3) is 0 Å². The molecule has 0 saturated heterocycles. The van der Waals surface area contributed by atoms with E-state index < -0.39 is 0 Å². The van der Waals surface area contributed by atoms with Crippen LogP contribution in [0.1, 0.15) is 26.3 Å². The third-order valence-electron chi connectivity index (χ3n) is 1.88. The molecule has 1 unspecified atom stereocenters. The van der Waals surface area contributed by atoms with Crippen molar-refractivity contribution in [3.05, 3.63) is 35.9 Å². The van der Waals surface area contributed by atoms with Crippen molar-refractivity contribution in [1.82, 2.24) is 0 Å². The van der Waals surface area contributed by atoms with Crippen LogP contribution in [0.3, 0.4) is 0 Å². The fourth-order valence-electron chi connectivity index (χ4n) is 1.43. The summed E-state index contributed by atoms with van der Waals surface area (Å²) in [4.78, 5) is 0. The first-order valence-corrected chi connectivity index (χ1v) is 7.23. The van der Waals surface area contributed by atoms with Crippen LogP contribution in [0.4, 0.5) is 0 Å². The highest BCUT2D eigenvalue weighted by Crippen LogP contribution is 2.35. The van der Waals surface area contributed by atoms with Gasteiger partial charge in [-0.15, -0.1) is 0 Å². The van der Waals surface area contributed by atoms with Crippen molar-refractivity contribution in [2.45, 2.75) is 20.8 Å². The molecule has 1 atom stereocenters. The minimum absolute atomic E-state index is 0.153. The van der Waals surface area contributed by atoms with E-state index in [9.17, 15) is 0 Å². The fraction of sp³-hybridized carbons (Fsp3) is 0.385. The molecule has 0 heterocycles. The lowest BCUT2D eigenvalue weighted by molar-refractivity contribution is 0.479. The molecule has 78 valence electrons. The molecule has 0 bridgehead atoms. The van der Waals surface area contributed by atoms with E-state index in [1.54, 1.807) is 0 Å². The predicted octanol–water partition coefficient (Wildman–Crippen LogP) is 3.07. The summed E-state index contributed by atoms with van der Waals surface area (Å²) < 4.78 is 0. The molecule has 0 spiro atoms. The fourth-order valence-corrected chi connectivity index (χ4v) is 3.25. The quantitative estimate of drug-likeness (QED) is 0.384. The SMILES string of the molecule is BP(C#Cc1ccccc1)CC(C)(C)C. The standard InChI is InChI=1S/C13H18BP/c1-13(2,3)11-15(14)10-9-12-7-5-4-6-8-12/h4-8H,11,14H2,1-3H3. The van der Waals surface area contributed by atoms with Crippen molar-refractivity contribution in [3.8, 4) is 11.6 Å². The number of hydrogen-bond donors (Lipinski definition) is 0. The van der Waals surface area contributed by atoms with Crippen molar-refractivity contribution < 1.29 is 0 Å². The molecule has 0 aromatic heterocycles. The van der Waals surface area contributed by atoms with Crippen molar-refractivity contribution in [2.24, 2.45) is 5.41 Å². The topological polar surface area (TPSA) is 0 Å². The van der Waals surface area contributed by atoms with Gasteiger partial charge < -0.3 is 0 Å². The molecule has 0 N–H and O–H groups in total. The minimum Gasteiger partial charge on any atom is -0.0817 e. The lowest BCUT2D eigenvalue weighted by Crippen LogP contribution is -2.09. The van der Waals surface area contributed by atoms with Crippen LogP contribution in [0, 0.1) is 17.0 Å². The van der Waals surface area contributed by atoms with Gasteiger partial charge in [0.1, 0.15) is 7.57 Å². The molecular formula is C13H18BP. The van der Waals surface area contributed by atoms with E-state index in [1.807, 2.05) is 18.2 Å². The maximum absolute atomic E-state index is 3.37. The molecule has 0 fully saturated rings. The van der Waals surface area contributed by atoms with Gasteiger partial charge in [-0.25, -0.2) is 0 Å². The van der Waals surface area contributed by atoms with E-state index in [1.165, 1.54) is 6.16 Å². The van der Waals surface area contributed by atoms with Crippen molar-refractivity contribution >= 4 is 15.4 Å². The smallest absolute Gasteiger partial charge is 0.0817 e. The van der Waals surface area contributed by atoms with E-state index >= 15 is 0 Å². The van der Waals surface area contributed by atoms with E-state index in [-0.39, 0.29) is 7.80 Å². The van der Waals surface area contributed by atoms with Gasteiger partial charge in [-0.2, -0.15) is 0 Å². The van der Waals surface area contributed by atoms with Gasteiger partial charge in [0.25, 0.3) is 0 Å². The summed E-state index contributed by atoms with van der Waals surface area (Å²) in [6, 6.07) is 10.2. The summed E-state index contributed by atoms with van der Waals surface area (Å²) in [5.41, 5.74) is 4.89. The van der Waals surface area contributed by atoms with Crippen LogP contribution >= 0.6 is 7.80 Å². The Morgan fingerprint density at radius 1 is 1.20 bits per heavy atom. The molecule has 0 amide bonds. The third kappa shape index (κ3) is 5.65. The second-order valence-corrected chi connectivity index (χ2v) is 6.96. The highest BCUT2D eigenvalue weighted by Gasteiger charge is 2.12. The molecule has 0 nitrogen and oxygen atoms in total. The number of rotatable bonds is 1. The Morgan fingerprint density at radius 3 is 2.33 bits per heavy atom. The highest BCUT2D eigenvalue weighted by molar-refractivity contribution is 7.86. The Labute approximate surface area is 95.6 Å². The van der Waals surface area contributed by atoms with E-state index in [4.69, 9.17) is 0 Å². The first-order chi connectivity index (χ1) is 6.97. The van der Waals surface area contributed by atoms with Crippen molar-refractivity contribution in [1.29, 1.82) is 0 Å². The Bertz CT molecular complexity index is 354. The maximum Gasteiger partial charge on any atom is 0.150 e. The minimum atomic E-state index is -0.153. The van der Waals surface area contributed by atoms with Crippen LogP contribution in [0.5, 0.6) is 0 Å². The second kappa shape index (κ2) is 5.38. The average Bonchev–Trinajstić information content (AvgIpc) is 2.14. The highest BCUT2D eigenvalue weighted by atomic mass is 31.1. The molecule has 0 radical (unpaired) electrons. The Balaban J connectivity index is 2.59. The molecule has 0 aliphatic carbocycles. The molecule has 1 aromatic carbocycles. The Morgan fingerprint density at radius 2 is 1.80 bits per heavy atom. The summed E-state index contributed by atoms with van der Waals surface area (Å²) in [5, 5.41) is 0. The van der Waals surface area contributed by atoms with Gasteiger partial charge >= 0.3 is 0 Å². The predicted molar refractivity (Wildman–Crippen MR) is 73.1 cm³/mol. The van der Waals surface area contributed by atoms with Gasteiger partial charge in [-0.05, 0) is 23.7 Å². The van der Waals surface area contributed by atoms with Crippen molar-refractivity contribution in [2.75, 3.05) is 6.16 Å². The third-order valence-corrected chi connectivity index (χ3v) is 3.79. The lowest BCUT2D eigenvalue weighted by Gasteiger charge is -2.20. The molecular weight excluding hydrogens is 198 g/mol. The van der Waals surface area contributed by atoms with Gasteiger partial charge in [0, 0.05) is 5.56 Å². The summed E-state index contributed by atoms with van der Waals surface area (Å²) in [6.45, 7) is 6.82. The summed E-state index contributed by atoms with van der Waals surface area (Å²) in [6.07, 6.45) is 1.21. The number of benzene rings is 1. The monoisotopic (exact) mass is 216 g/mol. The zero-order valence-electron chi connectivity index (χ0n) is 10.0.